The molecule has 0 amide bonds. The van der Waals surface area contributed by atoms with E-state index in [1.807, 2.05) is 20.8 Å². The summed E-state index contributed by atoms with van der Waals surface area (Å²) in [6, 6.07) is 1.76. The van der Waals surface area contributed by atoms with Crippen LogP contribution < -0.4 is 0 Å². The zero-order valence-electron chi connectivity index (χ0n) is 7.36. The zero-order chi connectivity index (χ0) is 9.30. The van der Waals surface area contributed by atoms with Gasteiger partial charge in [-0.2, -0.15) is 4.39 Å². The maximum atomic E-state index is 13.0. The predicted molar refractivity (Wildman–Crippen MR) is 50.7 cm³/mol. The van der Waals surface area contributed by atoms with Crippen molar-refractivity contribution in [3.63, 3.8) is 0 Å². The average molecular weight is 232 g/mol. The lowest BCUT2D eigenvalue weighted by Gasteiger charge is -2.08. The SMILES string of the molecule is Cc1cc(Br)c(F)nc1C(C)C. The Morgan fingerprint density at radius 1 is 1.50 bits per heavy atom. The van der Waals surface area contributed by atoms with Crippen molar-refractivity contribution in [1.82, 2.24) is 4.98 Å². The molecule has 0 aromatic carbocycles. The number of pyridine rings is 1. The minimum Gasteiger partial charge on any atom is -0.223 e. The van der Waals surface area contributed by atoms with Gasteiger partial charge in [0.15, 0.2) is 0 Å². The van der Waals surface area contributed by atoms with Crippen molar-refractivity contribution in [1.29, 1.82) is 0 Å². The van der Waals surface area contributed by atoms with E-state index in [4.69, 9.17) is 0 Å². The molecule has 0 aliphatic rings. The van der Waals surface area contributed by atoms with Crippen LogP contribution in [0.3, 0.4) is 0 Å². The Kier molecular flexibility index (Phi) is 2.83. The summed E-state index contributed by atoms with van der Waals surface area (Å²) in [5, 5.41) is 0. The Bertz CT molecular complexity index is 297. The fraction of sp³-hybridized carbons (Fsp3) is 0.444. The third-order valence-electron chi connectivity index (χ3n) is 1.71. The summed E-state index contributed by atoms with van der Waals surface area (Å²) in [5.41, 5.74) is 1.86. The lowest BCUT2D eigenvalue weighted by molar-refractivity contribution is 0.563. The maximum Gasteiger partial charge on any atom is 0.227 e. The zero-order valence-corrected chi connectivity index (χ0v) is 8.94. The number of nitrogens with zero attached hydrogens (tertiary/aromatic N) is 1. The van der Waals surface area contributed by atoms with E-state index in [1.54, 1.807) is 6.07 Å². The monoisotopic (exact) mass is 231 g/mol. The molecule has 1 aromatic rings. The molecule has 0 saturated carbocycles. The van der Waals surface area contributed by atoms with Crippen LogP contribution in [0, 0.1) is 12.9 Å². The van der Waals surface area contributed by atoms with Gasteiger partial charge in [0, 0.05) is 5.69 Å². The molecule has 12 heavy (non-hydrogen) atoms. The van der Waals surface area contributed by atoms with E-state index in [1.165, 1.54) is 0 Å². The molecule has 3 heteroatoms. The van der Waals surface area contributed by atoms with Crippen LogP contribution in [0.5, 0.6) is 0 Å². The largest absolute Gasteiger partial charge is 0.227 e. The highest BCUT2D eigenvalue weighted by Gasteiger charge is 2.09. The van der Waals surface area contributed by atoms with Crippen LogP contribution in [-0.4, -0.2) is 4.98 Å². The normalized spacial score (nSPS) is 10.8. The van der Waals surface area contributed by atoms with E-state index >= 15 is 0 Å². The van der Waals surface area contributed by atoms with E-state index in [0.717, 1.165) is 11.3 Å². The summed E-state index contributed by atoms with van der Waals surface area (Å²) in [6.07, 6.45) is 0. The number of halogens is 2. The topological polar surface area (TPSA) is 12.9 Å². The van der Waals surface area contributed by atoms with Gasteiger partial charge in [0.05, 0.1) is 4.47 Å². The molecule has 1 heterocycles. The summed E-state index contributed by atoms with van der Waals surface area (Å²) in [5.74, 6) is -0.156. The Morgan fingerprint density at radius 3 is 2.58 bits per heavy atom. The summed E-state index contributed by atoms with van der Waals surface area (Å²) in [7, 11) is 0. The van der Waals surface area contributed by atoms with Gasteiger partial charge in [0.25, 0.3) is 0 Å². The minimum atomic E-state index is -0.427. The van der Waals surface area contributed by atoms with Gasteiger partial charge >= 0.3 is 0 Å². The summed E-state index contributed by atoms with van der Waals surface area (Å²) in [6.45, 7) is 5.94. The van der Waals surface area contributed by atoms with Gasteiger partial charge in [-0.1, -0.05) is 13.8 Å². The highest BCUT2D eigenvalue weighted by atomic mass is 79.9. The summed E-state index contributed by atoms with van der Waals surface area (Å²) >= 11 is 3.09. The Hall–Kier alpha value is -0.440. The first-order valence-electron chi connectivity index (χ1n) is 3.85. The van der Waals surface area contributed by atoms with Gasteiger partial charge in [-0.15, -0.1) is 0 Å². The Morgan fingerprint density at radius 2 is 2.08 bits per heavy atom. The van der Waals surface area contributed by atoms with E-state index in [-0.39, 0.29) is 5.92 Å². The predicted octanol–water partition coefficient (Wildman–Crippen LogP) is 3.42. The standard InChI is InChI=1S/C9H11BrFN/c1-5(2)8-6(3)4-7(10)9(11)12-8/h4-5H,1-3H3. The van der Waals surface area contributed by atoms with E-state index in [2.05, 4.69) is 20.9 Å². The smallest absolute Gasteiger partial charge is 0.223 e. The Labute approximate surface area is 80.1 Å². The number of aromatic nitrogens is 1. The first-order valence-corrected chi connectivity index (χ1v) is 4.64. The van der Waals surface area contributed by atoms with Gasteiger partial charge in [0.1, 0.15) is 0 Å². The minimum absolute atomic E-state index is 0.271. The average Bonchev–Trinajstić information content (AvgIpc) is 1.96. The van der Waals surface area contributed by atoms with Crippen molar-refractivity contribution in [3.8, 4) is 0 Å². The second kappa shape index (κ2) is 3.52. The Balaban J connectivity index is 3.23. The second-order valence-electron chi connectivity index (χ2n) is 3.12. The number of hydrogen-bond acceptors (Lipinski definition) is 1. The van der Waals surface area contributed by atoms with Crippen LogP contribution in [0.15, 0.2) is 10.5 Å². The second-order valence-corrected chi connectivity index (χ2v) is 3.97. The van der Waals surface area contributed by atoms with Gasteiger partial charge in [-0.05, 0) is 40.4 Å². The summed E-state index contributed by atoms with van der Waals surface area (Å²) in [4.78, 5) is 3.86. The van der Waals surface area contributed by atoms with Crippen molar-refractivity contribution in [2.24, 2.45) is 0 Å². The molecular weight excluding hydrogens is 221 g/mol. The number of aryl methyl sites for hydroxylation is 1. The fourth-order valence-electron chi connectivity index (χ4n) is 1.16. The van der Waals surface area contributed by atoms with Crippen molar-refractivity contribution in [2.45, 2.75) is 26.7 Å². The van der Waals surface area contributed by atoms with Crippen LogP contribution in [0.1, 0.15) is 31.0 Å². The maximum absolute atomic E-state index is 13.0. The molecule has 1 aromatic heterocycles. The van der Waals surface area contributed by atoms with Crippen molar-refractivity contribution >= 4 is 15.9 Å². The van der Waals surface area contributed by atoms with Crippen LogP contribution in [0.4, 0.5) is 4.39 Å². The van der Waals surface area contributed by atoms with Gasteiger partial charge in [-0.3, -0.25) is 0 Å². The third kappa shape index (κ3) is 1.83. The summed E-state index contributed by atoms with van der Waals surface area (Å²) < 4.78 is 13.4. The van der Waals surface area contributed by atoms with Gasteiger partial charge in [-0.25, -0.2) is 4.98 Å². The molecule has 0 aliphatic heterocycles. The highest BCUT2D eigenvalue weighted by Crippen LogP contribution is 2.22. The van der Waals surface area contributed by atoms with Crippen LogP contribution >= 0.6 is 15.9 Å². The molecule has 0 radical (unpaired) electrons. The molecule has 0 saturated heterocycles. The molecule has 0 atom stereocenters. The quantitative estimate of drug-likeness (QED) is 0.676. The molecule has 0 unspecified atom stereocenters. The van der Waals surface area contributed by atoms with E-state index in [0.29, 0.717) is 4.47 Å². The lowest BCUT2D eigenvalue weighted by atomic mass is 10.1. The van der Waals surface area contributed by atoms with Crippen molar-refractivity contribution in [2.75, 3.05) is 0 Å². The lowest BCUT2D eigenvalue weighted by Crippen LogP contribution is -1.99. The van der Waals surface area contributed by atoms with E-state index in [9.17, 15) is 4.39 Å². The molecule has 66 valence electrons. The van der Waals surface area contributed by atoms with Gasteiger partial charge in [0.2, 0.25) is 5.95 Å². The fourth-order valence-corrected chi connectivity index (χ4v) is 1.59. The van der Waals surface area contributed by atoms with Crippen LogP contribution in [0.2, 0.25) is 0 Å². The molecule has 0 spiro atoms. The molecular formula is C9H11BrFN. The van der Waals surface area contributed by atoms with Crippen molar-refractivity contribution in [3.05, 3.63) is 27.7 Å². The molecule has 1 rings (SSSR count). The first kappa shape index (κ1) is 9.65. The number of rotatable bonds is 1. The first-order chi connectivity index (χ1) is 5.52. The molecule has 0 fully saturated rings. The van der Waals surface area contributed by atoms with Crippen LogP contribution in [-0.2, 0) is 0 Å². The molecule has 1 nitrogen and oxygen atoms in total. The van der Waals surface area contributed by atoms with Gasteiger partial charge < -0.3 is 0 Å². The molecule has 0 N–H and O–H groups in total. The number of hydrogen-bond donors (Lipinski definition) is 0. The van der Waals surface area contributed by atoms with Crippen molar-refractivity contribution < 1.29 is 4.39 Å². The molecule has 0 aliphatic carbocycles. The van der Waals surface area contributed by atoms with Crippen LogP contribution in [0.25, 0.3) is 0 Å². The third-order valence-corrected chi connectivity index (χ3v) is 2.27. The highest BCUT2D eigenvalue weighted by molar-refractivity contribution is 9.10. The molecule has 0 bridgehead atoms. The van der Waals surface area contributed by atoms with E-state index < -0.39 is 5.95 Å².